The number of rotatable bonds is 12. The number of nitro groups is 1. The van der Waals surface area contributed by atoms with E-state index in [1.165, 1.54) is 6.07 Å². The molecular formula is C25H31ClN4O8. The van der Waals surface area contributed by atoms with Gasteiger partial charge in [-0.05, 0) is 45.2 Å². The first kappa shape index (κ1) is 30.2. The van der Waals surface area contributed by atoms with Crippen molar-refractivity contribution in [2.75, 3.05) is 13.2 Å². The van der Waals surface area contributed by atoms with Crippen LogP contribution in [0.5, 0.6) is 5.75 Å². The van der Waals surface area contributed by atoms with E-state index in [0.29, 0.717) is 12.8 Å². The monoisotopic (exact) mass is 550 g/mol. The fourth-order valence-electron chi connectivity index (χ4n) is 3.14. The molecule has 0 aliphatic rings. The van der Waals surface area contributed by atoms with Crippen LogP contribution in [0, 0.1) is 10.1 Å². The molecule has 13 heteroatoms. The molecule has 12 nitrogen and oxygen atoms in total. The molecule has 0 aromatic heterocycles. The molecule has 0 aliphatic carbocycles. The number of halogens is 1. The summed E-state index contributed by atoms with van der Waals surface area (Å²) in [6.07, 6.45) is -0.555. The molecule has 2 rings (SSSR count). The van der Waals surface area contributed by atoms with Gasteiger partial charge in [0, 0.05) is 18.2 Å². The summed E-state index contributed by atoms with van der Waals surface area (Å²) in [6.45, 7) is 5.31. The van der Waals surface area contributed by atoms with Gasteiger partial charge in [-0.3, -0.25) is 14.9 Å². The minimum absolute atomic E-state index is 0.126. The van der Waals surface area contributed by atoms with Gasteiger partial charge in [0.25, 0.3) is 5.69 Å². The molecule has 0 radical (unpaired) electrons. The van der Waals surface area contributed by atoms with E-state index < -0.39 is 40.3 Å². The minimum Gasteiger partial charge on any atom is -0.490 e. The number of nitrogens with zero attached hydrogens (tertiary/aromatic N) is 1. The fraction of sp³-hybridized carbons (Fsp3) is 0.400. The van der Waals surface area contributed by atoms with Crippen molar-refractivity contribution in [1.29, 1.82) is 0 Å². The summed E-state index contributed by atoms with van der Waals surface area (Å²) in [6, 6.07) is 10.7. The number of nitrogens with two attached hydrogens (primary N) is 1. The average molecular weight is 551 g/mol. The van der Waals surface area contributed by atoms with Crippen molar-refractivity contribution in [2.45, 2.75) is 51.9 Å². The van der Waals surface area contributed by atoms with Gasteiger partial charge in [-0.15, -0.1) is 0 Å². The van der Waals surface area contributed by atoms with Crippen molar-refractivity contribution in [2.24, 2.45) is 5.73 Å². The van der Waals surface area contributed by atoms with E-state index in [1.807, 2.05) is 30.3 Å². The fourth-order valence-corrected chi connectivity index (χ4v) is 3.37. The Hall–Kier alpha value is -4.06. The van der Waals surface area contributed by atoms with Gasteiger partial charge >= 0.3 is 12.2 Å². The van der Waals surface area contributed by atoms with Crippen molar-refractivity contribution in [3.05, 3.63) is 68.7 Å². The summed E-state index contributed by atoms with van der Waals surface area (Å²) >= 11 is 6.10. The van der Waals surface area contributed by atoms with Crippen LogP contribution in [0.25, 0.3) is 0 Å². The lowest BCUT2D eigenvalue weighted by Crippen LogP contribution is -2.42. The quantitative estimate of drug-likeness (QED) is 0.199. The Morgan fingerprint density at radius 1 is 1.13 bits per heavy atom. The Morgan fingerprint density at radius 3 is 2.42 bits per heavy atom. The molecule has 38 heavy (non-hydrogen) atoms. The van der Waals surface area contributed by atoms with Gasteiger partial charge in [0.05, 0.1) is 11.0 Å². The Labute approximate surface area is 224 Å². The first-order valence-corrected chi connectivity index (χ1v) is 12.1. The van der Waals surface area contributed by atoms with Crippen molar-refractivity contribution in [1.82, 2.24) is 10.6 Å². The second kappa shape index (κ2) is 14.0. The molecule has 3 amide bonds. The largest absolute Gasteiger partial charge is 0.490 e. The number of carbonyl (C=O) groups is 3. The van der Waals surface area contributed by atoms with Crippen LogP contribution in [0.2, 0.25) is 5.02 Å². The highest BCUT2D eigenvalue weighted by Gasteiger charge is 2.24. The summed E-state index contributed by atoms with van der Waals surface area (Å²) in [5, 5.41) is 16.3. The first-order chi connectivity index (χ1) is 17.9. The molecular weight excluding hydrogens is 520 g/mol. The summed E-state index contributed by atoms with van der Waals surface area (Å²) in [5.74, 6) is -1.04. The first-order valence-electron chi connectivity index (χ1n) is 11.7. The van der Waals surface area contributed by atoms with E-state index >= 15 is 0 Å². The van der Waals surface area contributed by atoms with Crippen LogP contribution in [-0.2, 0) is 16.1 Å². The highest BCUT2D eigenvalue weighted by Crippen LogP contribution is 2.35. The SMILES string of the molecule is CC(C)(C)OC(=O)N[C@@H](CCCNC(=O)OCc1ccccc1)COc1cc(C(N)=O)cc([N+](=O)[O-])c1Cl. The standard InChI is InChI=1S/C25H31ClN4O8/c1-25(2,3)38-24(33)29-18(10-7-11-28-23(32)37-14-16-8-5-4-6-9-16)15-36-20-13-17(22(27)31)12-19(21(20)26)30(34)35/h4-6,8-9,12-13,18H,7,10-11,14-15H2,1-3H3,(H2,27,31)(H,28,32)(H,29,33)/t18-/m0/s1. The smallest absolute Gasteiger partial charge is 0.407 e. The van der Waals surface area contributed by atoms with Crippen LogP contribution in [0.4, 0.5) is 15.3 Å². The van der Waals surface area contributed by atoms with E-state index in [0.717, 1.165) is 11.6 Å². The lowest BCUT2D eigenvalue weighted by Gasteiger charge is -2.24. The Kier molecular flexibility index (Phi) is 11.1. The van der Waals surface area contributed by atoms with Gasteiger partial charge in [-0.25, -0.2) is 9.59 Å². The van der Waals surface area contributed by atoms with Crippen LogP contribution >= 0.6 is 11.6 Å². The van der Waals surface area contributed by atoms with Crippen LogP contribution < -0.4 is 21.1 Å². The summed E-state index contributed by atoms with van der Waals surface area (Å²) in [5.41, 5.74) is 4.65. The topological polar surface area (TPSA) is 172 Å². The lowest BCUT2D eigenvalue weighted by molar-refractivity contribution is -0.384. The summed E-state index contributed by atoms with van der Waals surface area (Å²) in [4.78, 5) is 46.5. The normalized spacial score (nSPS) is 11.7. The van der Waals surface area contributed by atoms with Crippen LogP contribution in [-0.4, -0.2) is 47.8 Å². The molecule has 2 aromatic rings. The van der Waals surface area contributed by atoms with Gasteiger partial charge in [0.1, 0.15) is 24.6 Å². The van der Waals surface area contributed by atoms with Crippen LogP contribution in [0.3, 0.4) is 0 Å². The molecule has 0 unspecified atom stereocenters. The molecule has 0 heterocycles. The molecule has 0 saturated carbocycles. The van der Waals surface area contributed by atoms with Crippen molar-refractivity contribution in [3.8, 4) is 5.75 Å². The molecule has 0 fully saturated rings. The summed E-state index contributed by atoms with van der Waals surface area (Å²) in [7, 11) is 0. The third-order valence-corrected chi connectivity index (χ3v) is 5.25. The summed E-state index contributed by atoms with van der Waals surface area (Å²) < 4.78 is 16.1. The number of amides is 3. The van der Waals surface area contributed by atoms with E-state index in [4.69, 9.17) is 31.5 Å². The lowest BCUT2D eigenvalue weighted by atomic mass is 10.1. The molecule has 0 aliphatic heterocycles. The predicted molar refractivity (Wildman–Crippen MR) is 139 cm³/mol. The van der Waals surface area contributed by atoms with E-state index in [1.54, 1.807) is 20.8 Å². The predicted octanol–water partition coefficient (Wildman–Crippen LogP) is 4.33. The number of alkyl carbamates (subject to hydrolysis) is 2. The molecule has 4 N–H and O–H groups in total. The number of nitrogens with one attached hydrogen (secondary N) is 2. The third kappa shape index (κ3) is 10.5. The third-order valence-electron chi connectivity index (χ3n) is 4.87. The maximum Gasteiger partial charge on any atom is 0.407 e. The Bertz CT molecular complexity index is 1140. The number of ether oxygens (including phenoxy) is 3. The van der Waals surface area contributed by atoms with Gasteiger partial charge in [-0.1, -0.05) is 41.9 Å². The molecule has 0 saturated heterocycles. The maximum absolute atomic E-state index is 12.3. The highest BCUT2D eigenvalue weighted by molar-refractivity contribution is 6.34. The van der Waals surface area contributed by atoms with Gasteiger partial charge in [-0.2, -0.15) is 0 Å². The molecule has 2 aromatic carbocycles. The zero-order valence-electron chi connectivity index (χ0n) is 21.3. The molecule has 0 bridgehead atoms. The van der Waals surface area contributed by atoms with Crippen molar-refractivity contribution < 1.29 is 33.5 Å². The highest BCUT2D eigenvalue weighted by atomic mass is 35.5. The number of benzene rings is 2. The number of primary amides is 1. The zero-order chi connectivity index (χ0) is 28.3. The van der Waals surface area contributed by atoms with Gasteiger partial charge in [0.15, 0.2) is 5.02 Å². The average Bonchev–Trinajstić information content (AvgIpc) is 2.83. The zero-order valence-corrected chi connectivity index (χ0v) is 22.1. The minimum atomic E-state index is -0.900. The number of hydrogen-bond acceptors (Lipinski definition) is 8. The van der Waals surface area contributed by atoms with Crippen LogP contribution in [0.1, 0.15) is 49.5 Å². The number of hydrogen-bond donors (Lipinski definition) is 3. The van der Waals surface area contributed by atoms with E-state index in [-0.39, 0.29) is 36.1 Å². The molecule has 0 spiro atoms. The second-order valence-electron chi connectivity index (χ2n) is 9.21. The number of carbonyl (C=O) groups excluding carboxylic acids is 3. The van der Waals surface area contributed by atoms with Crippen molar-refractivity contribution >= 4 is 35.4 Å². The van der Waals surface area contributed by atoms with Crippen LogP contribution in [0.15, 0.2) is 42.5 Å². The van der Waals surface area contributed by atoms with E-state index in [2.05, 4.69) is 10.6 Å². The molecule has 206 valence electrons. The van der Waals surface area contributed by atoms with Gasteiger partial charge in [0.2, 0.25) is 5.91 Å². The maximum atomic E-state index is 12.3. The molecule has 1 atom stereocenters. The van der Waals surface area contributed by atoms with E-state index in [9.17, 15) is 24.5 Å². The Balaban J connectivity index is 2.00. The second-order valence-corrected chi connectivity index (χ2v) is 9.59. The van der Waals surface area contributed by atoms with Gasteiger partial charge < -0.3 is 30.6 Å². The Morgan fingerprint density at radius 2 is 1.82 bits per heavy atom. The number of nitro benzene ring substituents is 1. The van der Waals surface area contributed by atoms with Crippen molar-refractivity contribution in [3.63, 3.8) is 0 Å².